The highest BCUT2D eigenvalue weighted by atomic mass is 19.1. The lowest BCUT2D eigenvalue weighted by Gasteiger charge is -2.32. The second kappa shape index (κ2) is 7.16. The third-order valence-corrected chi connectivity index (χ3v) is 4.04. The molecule has 3 rings (SSSR count). The Kier molecular flexibility index (Phi) is 4.79. The molecular weight excluding hydrogens is 309 g/mol. The summed E-state index contributed by atoms with van der Waals surface area (Å²) >= 11 is 0. The monoisotopic (exact) mass is 329 g/mol. The molecule has 7 heteroatoms. The number of hydrogen-bond donors (Lipinski definition) is 3. The predicted molar refractivity (Wildman–Crippen MR) is 92.3 cm³/mol. The zero-order valence-corrected chi connectivity index (χ0v) is 13.2. The van der Waals surface area contributed by atoms with Crippen LogP contribution in [0.15, 0.2) is 42.6 Å². The molecule has 1 fully saturated rings. The minimum atomic E-state index is -0.433. The van der Waals surface area contributed by atoms with Crippen molar-refractivity contribution in [2.75, 3.05) is 29.5 Å². The molecule has 0 atom stereocenters. The van der Waals surface area contributed by atoms with Crippen LogP contribution in [0, 0.1) is 5.82 Å². The number of carbonyl (C=O) groups excluding carboxylic acids is 1. The summed E-state index contributed by atoms with van der Waals surface area (Å²) in [5, 5.41) is 5.96. The summed E-state index contributed by atoms with van der Waals surface area (Å²) in [6.45, 7) is 1.21. The number of nitrogens with two attached hydrogens (primary N) is 1. The van der Waals surface area contributed by atoms with Crippen molar-refractivity contribution < 1.29 is 9.18 Å². The Balaban J connectivity index is 1.50. The lowest BCUT2D eigenvalue weighted by atomic mass is 10.1. The zero-order chi connectivity index (χ0) is 16.9. The first kappa shape index (κ1) is 16.0. The van der Waals surface area contributed by atoms with Gasteiger partial charge in [0.25, 0.3) is 0 Å². The van der Waals surface area contributed by atoms with Crippen molar-refractivity contribution in [3.63, 3.8) is 0 Å². The normalized spacial score (nSPS) is 15.1. The number of anilines is 3. The van der Waals surface area contributed by atoms with Gasteiger partial charge in [-0.2, -0.15) is 0 Å². The Morgan fingerprint density at radius 3 is 2.62 bits per heavy atom. The Morgan fingerprint density at radius 2 is 1.96 bits per heavy atom. The van der Waals surface area contributed by atoms with E-state index in [4.69, 9.17) is 5.73 Å². The number of pyridine rings is 1. The summed E-state index contributed by atoms with van der Waals surface area (Å²) in [7, 11) is 0. The van der Waals surface area contributed by atoms with Crippen LogP contribution >= 0.6 is 0 Å². The first-order valence-corrected chi connectivity index (χ1v) is 7.90. The van der Waals surface area contributed by atoms with Gasteiger partial charge in [-0.3, -0.25) is 0 Å². The molecule has 6 nitrogen and oxygen atoms in total. The fourth-order valence-corrected chi connectivity index (χ4v) is 2.68. The highest BCUT2D eigenvalue weighted by Crippen LogP contribution is 2.18. The predicted octanol–water partition coefficient (Wildman–Crippen LogP) is 2.91. The highest BCUT2D eigenvalue weighted by Gasteiger charge is 2.23. The van der Waals surface area contributed by atoms with E-state index in [0.29, 0.717) is 18.8 Å². The van der Waals surface area contributed by atoms with Gasteiger partial charge in [0.2, 0.25) is 0 Å². The number of likely N-dealkylation sites (tertiary alicyclic amines) is 1. The van der Waals surface area contributed by atoms with E-state index in [0.717, 1.165) is 18.7 Å². The third kappa shape index (κ3) is 3.92. The minimum Gasteiger partial charge on any atom is -0.397 e. The van der Waals surface area contributed by atoms with Gasteiger partial charge in [-0.1, -0.05) is 12.1 Å². The quantitative estimate of drug-likeness (QED) is 0.808. The van der Waals surface area contributed by atoms with Gasteiger partial charge in [0.05, 0.1) is 17.6 Å². The molecule has 0 unspecified atom stereocenters. The van der Waals surface area contributed by atoms with Crippen molar-refractivity contribution in [3.8, 4) is 0 Å². The third-order valence-electron chi connectivity index (χ3n) is 4.04. The van der Waals surface area contributed by atoms with Crippen molar-refractivity contribution in [2.45, 2.75) is 18.9 Å². The largest absolute Gasteiger partial charge is 0.397 e. The molecule has 126 valence electrons. The number of halogens is 1. The molecule has 0 bridgehead atoms. The molecule has 0 spiro atoms. The van der Waals surface area contributed by atoms with Crippen LogP contribution in [-0.4, -0.2) is 35.0 Å². The van der Waals surface area contributed by atoms with Crippen molar-refractivity contribution in [1.82, 2.24) is 9.88 Å². The lowest BCUT2D eigenvalue weighted by Crippen LogP contribution is -2.44. The summed E-state index contributed by atoms with van der Waals surface area (Å²) in [5.41, 5.74) is 6.44. The maximum atomic E-state index is 13.6. The number of carbonyl (C=O) groups is 1. The summed E-state index contributed by atoms with van der Waals surface area (Å²) < 4.78 is 13.6. The van der Waals surface area contributed by atoms with Gasteiger partial charge in [0, 0.05) is 19.1 Å². The van der Waals surface area contributed by atoms with E-state index in [1.165, 1.54) is 6.07 Å². The fourth-order valence-electron chi connectivity index (χ4n) is 2.68. The Hall–Kier alpha value is -2.83. The van der Waals surface area contributed by atoms with E-state index in [1.807, 2.05) is 6.07 Å². The van der Waals surface area contributed by atoms with Gasteiger partial charge in [0.15, 0.2) is 0 Å². The molecule has 24 heavy (non-hydrogen) atoms. The Labute approximate surface area is 139 Å². The standard InChI is InChI=1S/C17H20FN5O/c18-14-3-1-2-4-15(14)22-17(24)23-9-7-13(8-10-23)21-16-6-5-12(19)11-20-16/h1-6,11,13H,7-10,19H2,(H,20,21)(H,22,24). The van der Waals surface area contributed by atoms with E-state index in [9.17, 15) is 9.18 Å². The number of nitrogens with zero attached hydrogens (tertiary/aromatic N) is 2. The number of nitrogens with one attached hydrogen (secondary N) is 2. The molecule has 4 N–H and O–H groups in total. The van der Waals surface area contributed by atoms with Crippen LogP contribution in [0.5, 0.6) is 0 Å². The smallest absolute Gasteiger partial charge is 0.321 e. The molecule has 1 aromatic carbocycles. The maximum absolute atomic E-state index is 13.6. The molecule has 1 aromatic heterocycles. The van der Waals surface area contributed by atoms with Crippen LogP contribution in [0.3, 0.4) is 0 Å². The molecule has 0 radical (unpaired) electrons. The average molecular weight is 329 g/mol. The number of piperidine rings is 1. The number of aromatic nitrogens is 1. The number of amides is 2. The molecule has 1 aliphatic heterocycles. The van der Waals surface area contributed by atoms with E-state index in [-0.39, 0.29) is 17.8 Å². The van der Waals surface area contributed by atoms with Crippen molar-refractivity contribution in [2.24, 2.45) is 0 Å². The van der Waals surface area contributed by atoms with Crippen molar-refractivity contribution >= 4 is 23.2 Å². The van der Waals surface area contributed by atoms with Gasteiger partial charge in [-0.05, 0) is 37.1 Å². The second-order valence-corrected chi connectivity index (χ2v) is 5.79. The van der Waals surface area contributed by atoms with Crippen LogP contribution in [0.25, 0.3) is 0 Å². The van der Waals surface area contributed by atoms with Gasteiger partial charge in [-0.25, -0.2) is 14.2 Å². The van der Waals surface area contributed by atoms with Gasteiger partial charge in [-0.15, -0.1) is 0 Å². The summed E-state index contributed by atoms with van der Waals surface area (Å²) in [4.78, 5) is 18.1. The fraction of sp³-hybridized carbons (Fsp3) is 0.294. The van der Waals surface area contributed by atoms with Crippen LogP contribution in [0.2, 0.25) is 0 Å². The second-order valence-electron chi connectivity index (χ2n) is 5.79. The van der Waals surface area contributed by atoms with E-state index in [1.54, 1.807) is 35.4 Å². The number of rotatable bonds is 3. The number of benzene rings is 1. The zero-order valence-electron chi connectivity index (χ0n) is 13.2. The molecule has 2 aromatic rings. The molecule has 1 saturated heterocycles. The first-order chi connectivity index (χ1) is 11.6. The van der Waals surface area contributed by atoms with Crippen LogP contribution in [-0.2, 0) is 0 Å². The van der Waals surface area contributed by atoms with Crippen molar-refractivity contribution in [1.29, 1.82) is 0 Å². The number of urea groups is 1. The molecule has 2 amide bonds. The maximum Gasteiger partial charge on any atom is 0.321 e. The van der Waals surface area contributed by atoms with Gasteiger partial charge in [0.1, 0.15) is 11.6 Å². The molecule has 0 saturated carbocycles. The number of nitrogen functional groups attached to an aromatic ring is 1. The van der Waals surface area contributed by atoms with Crippen LogP contribution in [0.4, 0.5) is 26.4 Å². The average Bonchev–Trinajstić information content (AvgIpc) is 2.59. The molecule has 2 heterocycles. The Bertz CT molecular complexity index is 698. The van der Waals surface area contributed by atoms with Crippen LogP contribution in [0.1, 0.15) is 12.8 Å². The lowest BCUT2D eigenvalue weighted by molar-refractivity contribution is 0.197. The summed E-state index contributed by atoms with van der Waals surface area (Å²) in [6.07, 6.45) is 3.22. The number of para-hydroxylation sites is 1. The molecule has 0 aliphatic carbocycles. The van der Waals surface area contributed by atoms with E-state index in [2.05, 4.69) is 15.6 Å². The highest BCUT2D eigenvalue weighted by molar-refractivity contribution is 5.89. The molecule has 1 aliphatic rings. The summed E-state index contributed by atoms with van der Waals surface area (Å²) in [6, 6.07) is 9.77. The van der Waals surface area contributed by atoms with Gasteiger partial charge < -0.3 is 21.3 Å². The molecular formula is C17H20FN5O. The first-order valence-electron chi connectivity index (χ1n) is 7.90. The number of hydrogen-bond acceptors (Lipinski definition) is 4. The van der Waals surface area contributed by atoms with E-state index >= 15 is 0 Å². The topological polar surface area (TPSA) is 83.3 Å². The SMILES string of the molecule is Nc1ccc(NC2CCN(C(=O)Nc3ccccc3F)CC2)nc1. The summed E-state index contributed by atoms with van der Waals surface area (Å²) in [5.74, 6) is 0.343. The van der Waals surface area contributed by atoms with Crippen molar-refractivity contribution in [3.05, 3.63) is 48.4 Å². The van der Waals surface area contributed by atoms with Gasteiger partial charge >= 0.3 is 6.03 Å². The van der Waals surface area contributed by atoms with Crippen LogP contribution < -0.4 is 16.4 Å². The Morgan fingerprint density at radius 1 is 1.21 bits per heavy atom. The minimum absolute atomic E-state index is 0.203. The van der Waals surface area contributed by atoms with E-state index < -0.39 is 5.82 Å².